The molecule has 1 aliphatic rings. The summed E-state index contributed by atoms with van der Waals surface area (Å²) in [7, 11) is 0. The maximum atomic E-state index is 5.58. The Labute approximate surface area is 85.3 Å². The Morgan fingerprint density at radius 2 is 2.29 bits per heavy atom. The molecule has 0 saturated carbocycles. The minimum atomic E-state index is 0.401. The number of hydrogen-bond acceptors (Lipinski definition) is 2. The van der Waals surface area contributed by atoms with E-state index in [1.165, 1.54) is 18.4 Å². The minimum Gasteiger partial charge on any atom is -0.491 e. The summed E-state index contributed by atoms with van der Waals surface area (Å²) in [5.74, 6) is 1.04. The van der Waals surface area contributed by atoms with E-state index < -0.39 is 0 Å². The number of rotatable bonds is 4. The highest BCUT2D eigenvalue weighted by molar-refractivity contribution is 5.39. The first-order valence-corrected chi connectivity index (χ1v) is 5.37. The SMILES string of the molecule is CCCCNC1COc2ccccc21. The molecule has 2 nitrogen and oxygen atoms in total. The fourth-order valence-electron chi connectivity index (χ4n) is 1.78. The van der Waals surface area contributed by atoms with Gasteiger partial charge in [-0.15, -0.1) is 0 Å². The van der Waals surface area contributed by atoms with E-state index in [2.05, 4.69) is 24.4 Å². The zero-order chi connectivity index (χ0) is 9.80. The topological polar surface area (TPSA) is 21.3 Å². The quantitative estimate of drug-likeness (QED) is 0.738. The van der Waals surface area contributed by atoms with Crippen molar-refractivity contribution in [2.24, 2.45) is 0 Å². The summed E-state index contributed by atoms with van der Waals surface area (Å²) in [6.45, 7) is 4.07. The van der Waals surface area contributed by atoms with Crippen molar-refractivity contribution in [2.45, 2.75) is 25.8 Å². The van der Waals surface area contributed by atoms with Crippen molar-refractivity contribution >= 4 is 0 Å². The van der Waals surface area contributed by atoms with E-state index in [1.54, 1.807) is 0 Å². The van der Waals surface area contributed by atoms with Gasteiger partial charge in [0.1, 0.15) is 12.4 Å². The zero-order valence-electron chi connectivity index (χ0n) is 8.62. The second-order valence-electron chi connectivity index (χ2n) is 3.71. The first kappa shape index (κ1) is 9.53. The molecular formula is C12H17NO. The Morgan fingerprint density at radius 3 is 3.14 bits per heavy atom. The van der Waals surface area contributed by atoms with Gasteiger partial charge in [-0.25, -0.2) is 0 Å². The van der Waals surface area contributed by atoms with Crippen LogP contribution in [0.1, 0.15) is 31.4 Å². The van der Waals surface area contributed by atoms with Crippen molar-refractivity contribution in [3.05, 3.63) is 29.8 Å². The van der Waals surface area contributed by atoms with Gasteiger partial charge in [0.15, 0.2) is 0 Å². The molecule has 2 rings (SSSR count). The van der Waals surface area contributed by atoms with Gasteiger partial charge >= 0.3 is 0 Å². The highest BCUT2D eigenvalue weighted by Gasteiger charge is 2.22. The summed E-state index contributed by atoms with van der Waals surface area (Å²) < 4.78 is 5.58. The average molecular weight is 191 g/mol. The summed E-state index contributed by atoms with van der Waals surface area (Å²) in [5.41, 5.74) is 1.31. The molecule has 2 heteroatoms. The van der Waals surface area contributed by atoms with Crippen LogP contribution in [-0.2, 0) is 0 Å². The maximum Gasteiger partial charge on any atom is 0.124 e. The number of fused-ring (bicyclic) bond motifs is 1. The Hall–Kier alpha value is -1.02. The summed E-state index contributed by atoms with van der Waals surface area (Å²) in [6.07, 6.45) is 2.47. The third-order valence-electron chi connectivity index (χ3n) is 2.62. The van der Waals surface area contributed by atoms with Gasteiger partial charge in [0.2, 0.25) is 0 Å². The van der Waals surface area contributed by atoms with Gasteiger partial charge in [-0.1, -0.05) is 31.5 Å². The van der Waals surface area contributed by atoms with Gasteiger partial charge in [-0.2, -0.15) is 0 Å². The van der Waals surface area contributed by atoms with Crippen LogP contribution in [0, 0.1) is 0 Å². The van der Waals surface area contributed by atoms with Crippen LogP contribution in [-0.4, -0.2) is 13.2 Å². The van der Waals surface area contributed by atoms with E-state index in [4.69, 9.17) is 4.74 Å². The first-order chi connectivity index (χ1) is 6.92. The molecule has 0 bridgehead atoms. The van der Waals surface area contributed by atoms with Gasteiger partial charge in [-0.3, -0.25) is 0 Å². The predicted octanol–water partition coefficient (Wildman–Crippen LogP) is 2.51. The molecule has 1 atom stereocenters. The number of ether oxygens (including phenoxy) is 1. The van der Waals surface area contributed by atoms with Crippen LogP contribution in [0.25, 0.3) is 0 Å². The molecule has 0 amide bonds. The van der Waals surface area contributed by atoms with Crippen molar-refractivity contribution in [3.8, 4) is 5.75 Å². The van der Waals surface area contributed by atoms with E-state index in [0.717, 1.165) is 18.9 Å². The monoisotopic (exact) mass is 191 g/mol. The molecule has 0 spiro atoms. The second kappa shape index (κ2) is 4.47. The van der Waals surface area contributed by atoms with Crippen LogP contribution in [0.15, 0.2) is 24.3 Å². The van der Waals surface area contributed by atoms with Crippen molar-refractivity contribution < 1.29 is 4.74 Å². The van der Waals surface area contributed by atoms with Gasteiger partial charge in [-0.05, 0) is 19.0 Å². The molecule has 14 heavy (non-hydrogen) atoms. The number of nitrogens with one attached hydrogen (secondary N) is 1. The number of para-hydroxylation sites is 1. The number of benzene rings is 1. The summed E-state index contributed by atoms with van der Waals surface area (Å²) >= 11 is 0. The molecule has 0 aliphatic carbocycles. The first-order valence-electron chi connectivity index (χ1n) is 5.37. The molecule has 76 valence electrons. The van der Waals surface area contributed by atoms with E-state index in [1.807, 2.05) is 12.1 Å². The largest absolute Gasteiger partial charge is 0.491 e. The fourth-order valence-corrected chi connectivity index (χ4v) is 1.78. The van der Waals surface area contributed by atoms with Crippen molar-refractivity contribution in [2.75, 3.05) is 13.2 Å². The van der Waals surface area contributed by atoms with Gasteiger partial charge < -0.3 is 10.1 Å². The summed E-state index contributed by atoms with van der Waals surface area (Å²) in [6, 6.07) is 8.68. The molecule has 1 aromatic rings. The van der Waals surface area contributed by atoms with E-state index in [9.17, 15) is 0 Å². The predicted molar refractivity (Wildman–Crippen MR) is 57.6 cm³/mol. The smallest absolute Gasteiger partial charge is 0.124 e. The Morgan fingerprint density at radius 1 is 1.43 bits per heavy atom. The lowest BCUT2D eigenvalue weighted by molar-refractivity contribution is 0.311. The van der Waals surface area contributed by atoms with Crippen LogP contribution in [0.5, 0.6) is 5.75 Å². The lowest BCUT2D eigenvalue weighted by Crippen LogP contribution is -2.23. The zero-order valence-corrected chi connectivity index (χ0v) is 8.62. The van der Waals surface area contributed by atoms with E-state index in [0.29, 0.717) is 6.04 Å². The molecule has 1 unspecified atom stereocenters. The number of unbranched alkanes of at least 4 members (excludes halogenated alkanes) is 1. The number of hydrogen-bond donors (Lipinski definition) is 1. The summed E-state index contributed by atoms with van der Waals surface area (Å²) in [4.78, 5) is 0. The molecular weight excluding hydrogens is 174 g/mol. The van der Waals surface area contributed by atoms with Gasteiger partial charge in [0.05, 0.1) is 6.04 Å². The molecule has 1 aliphatic heterocycles. The van der Waals surface area contributed by atoms with Gasteiger partial charge in [0, 0.05) is 5.56 Å². The molecule has 0 aromatic heterocycles. The van der Waals surface area contributed by atoms with Crippen LogP contribution < -0.4 is 10.1 Å². The molecule has 0 radical (unpaired) electrons. The van der Waals surface area contributed by atoms with Crippen LogP contribution in [0.4, 0.5) is 0 Å². The highest BCUT2D eigenvalue weighted by Crippen LogP contribution is 2.31. The Balaban J connectivity index is 1.96. The molecule has 0 saturated heterocycles. The molecule has 1 aromatic carbocycles. The minimum absolute atomic E-state index is 0.401. The molecule has 1 heterocycles. The molecule has 0 fully saturated rings. The van der Waals surface area contributed by atoms with Crippen LogP contribution in [0.2, 0.25) is 0 Å². The fraction of sp³-hybridized carbons (Fsp3) is 0.500. The molecule has 1 N–H and O–H groups in total. The Bertz CT molecular complexity index is 298. The van der Waals surface area contributed by atoms with Crippen LogP contribution in [0.3, 0.4) is 0 Å². The third kappa shape index (κ3) is 1.90. The summed E-state index contributed by atoms with van der Waals surface area (Å²) in [5, 5.41) is 3.51. The third-order valence-corrected chi connectivity index (χ3v) is 2.62. The van der Waals surface area contributed by atoms with Crippen molar-refractivity contribution in [3.63, 3.8) is 0 Å². The normalized spacial score (nSPS) is 19.1. The standard InChI is InChI=1S/C12H17NO/c1-2-3-8-13-11-9-14-12-7-5-4-6-10(11)12/h4-7,11,13H,2-3,8-9H2,1H3. The second-order valence-corrected chi connectivity index (χ2v) is 3.71. The van der Waals surface area contributed by atoms with Crippen molar-refractivity contribution in [1.82, 2.24) is 5.32 Å². The van der Waals surface area contributed by atoms with E-state index in [-0.39, 0.29) is 0 Å². The Kier molecular flexibility index (Phi) is 3.04. The van der Waals surface area contributed by atoms with Crippen LogP contribution >= 0.6 is 0 Å². The average Bonchev–Trinajstić information content (AvgIpc) is 2.63. The van der Waals surface area contributed by atoms with Crippen molar-refractivity contribution in [1.29, 1.82) is 0 Å². The van der Waals surface area contributed by atoms with Gasteiger partial charge in [0.25, 0.3) is 0 Å². The lowest BCUT2D eigenvalue weighted by Gasteiger charge is -2.10. The lowest BCUT2D eigenvalue weighted by atomic mass is 10.1. The maximum absolute atomic E-state index is 5.58. The highest BCUT2D eigenvalue weighted by atomic mass is 16.5. The van der Waals surface area contributed by atoms with E-state index >= 15 is 0 Å².